The van der Waals surface area contributed by atoms with Gasteiger partial charge in [-0.25, -0.2) is 0 Å². The van der Waals surface area contributed by atoms with E-state index in [0.717, 1.165) is 70.6 Å². The summed E-state index contributed by atoms with van der Waals surface area (Å²) in [4.78, 5) is 25.2. The third kappa shape index (κ3) is 44.6. The van der Waals surface area contributed by atoms with E-state index in [2.05, 4.69) is 69.4 Å². The van der Waals surface area contributed by atoms with E-state index in [0.29, 0.717) is 19.4 Å². The fourth-order valence-corrected chi connectivity index (χ4v) is 6.75. The zero-order chi connectivity index (χ0) is 40.7. The summed E-state index contributed by atoms with van der Waals surface area (Å²) in [7, 11) is 0. The largest absolute Gasteiger partial charge is 0.462 e. The van der Waals surface area contributed by atoms with E-state index in [9.17, 15) is 9.59 Å². The maximum Gasteiger partial charge on any atom is 0.306 e. The lowest BCUT2D eigenvalue weighted by Crippen LogP contribution is -2.30. The zero-order valence-electron chi connectivity index (χ0n) is 37.4. The van der Waals surface area contributed by atoms with Gasteiger partial charge in [-0.15, -0.1) is 0 Å². The molecule has 0 aliphatic heterocycles. The molecule has 0 rings (SSSR count). The second-order valence-electron chi connectivity index (χ2n) is 16.0. The smallest absolute Gasteiger partial charge is 0.306 e. The number of hydrogen-bond donors (Lipinski definition) is 0. The van der Waals surface area contributed by atoms with Gasteiger partial charge in [-0.05, 0) is 77.0 Å². The van der Waals surface area contributed by atoms with Crippen LogP contribution in [0.25, 0.3) is 0 Å². The molecule has 0 saturated carbocycles. The molecule has 0 aliphatic rings. The Labute approximate surface area is 348 Å². The lowest BCUT2D eigenvalue weighted by Gasteiger charge is -2.18. The summed E-state index contributed by atoms with van der Waals surface area (Å²) >= 11 is 0. The maximum absolute atomic E-state index is 12.7. The van der Waals surface area contributed by atoms with E-state index < -0.39 is 6.10 Å². The highest BCUT2D eigenvalue weighted by molar-refractivity contribution is 5.70. The molecule has 0 aliphatic carbocycles. The van der Waals surface area contributed by atoms with Crippen LogP contribution in [0.5, 0.6) is 0 Å². The molecule has 0 bridgehead atoms. The molecule has 0 aromatic heterocycles. The first-order valence-corrected chi connectivity index (χ1v) is 24.2. The van der Waals surface area contributed by atoms with Crippen molar-refractivity contribution in [1.29, 1.82) is 0 Å². The lowest BCUT2D eigenvalue weighted by atomic mass is 10.1. The predicted octanol–water partition coefficient (Wildman–Crippen LogP) is 16.0. The van der Waals surface area contributed by atoms with Gasteiger partial charge in [0.1, 0.15) is 6.61 Å². The normalized spacial score (nSPS) is 12.6. The van der Waals surface area contributed by atoms with Crippen molar-refractivity contribution in [1.82, 2.24) is 0 Å². The number of rotatable bonds is 44. The first-order valence-electron chi connectivity index (χ1n) is 24.2. The van der Waals surface area contributed by atoms with Crippen molar-refractivity contribution in [2.75, 3.05) is 19.8 Å². The van der Waals surface area contributed by atoms with Crippen LogP contribution in [0.15, 0.2) is 48.6 Å². The third-order valence-electron chi connectivity index (χ3n) is 10.3. The van der Waals surface area contributed by atoms with Gasteiger partial charge in [0.05, 0.1) is 6.61 Å². The summed E-state index contributed by atoms with van der Waals surface area (Å²) in [5, 5.41) is 0. The quantitative estimate of drug-likeness (QED) is 0.0350. The standard InChI is InChI=1S/C51H92O5/c1-4-7-10-13-16-19-21-23-25-26-27-28-30-33-35-38-41-44-50(52)55-48-49(56-51(53)45-42-39-36-32-18-15-12-9-6-3)47-54-46-43-40-37-34-31-29-24-22-20-17-14-11-8-5-2/h7,10,16,19-20,22-23,25,49H,4-6,8-9,11-15,17-18,21,24,26-48H2,1-3H3/b10-7-,19-16-,22-20-,25-23-. The van der Waals surface area contributed by atoms with Crippen molar-refractivity contribution in [2.24, 2.45) is 0 Å². The maximum atomic E-state index is 12.7. The van der Waals surface area contributed by atoms with E-state index in [1.807, 2.05) is 0 Å². The molecule has 5 nitrogen and oxygen atoms in total. The van der Waals surface area contributed by atoms with Crippen LogP contribution in [0.3, 0.4) is 0 Å². The van der Waals surface area contributed by atoms with Crippen LogP contribution in [-0.2, 0) is 23.8 Å². The monoisotopic (exact) mass is 785 g/mol. The molecule has 56 heavy (non-hydrogen) atoms. The molecule has 0 saturated heterocycles. The molecule has 0 amide bonds. The molecule has 326 valence electrons. The van der Waals surface area contributed by atoms with Crippen molar-refractivity contribution in [3.63, 3.8) is 0 Å². The van der Waals surface area contributed by atoms with E-state index >= 15 is 0 Å². The van der Waals surface area contributed by atoms with Crippen LogP contribution in [0.4, 0.5) is 0 Å². The van der Waals surface area contributed by atoms with Crippen molar-refractivity contribution >= 4 is 11.9 Å². The van der Waals surface area contributed by atoms with Crippen molar-refractivity contribution in [3.8, 4) is 0 Å². The summed E-state index contributed by atoms with van der Waals surface area (Å²) in [6.07, 6.45) is 56.8. The van der Waals surface area contributed by atoms with E-state index in [1.165, 1.54) is 135 Å². The number of hydrogen-bond acceptors (Lipinski definition) is 5. The molecular formula is C51H92O5. The van der Waals surface area contributed by atoms with Crippen LogP contribution in [-0.4, -0.2) is 37.9 Å². The second kappa shape index (κ2) is 47.2. The lowest BCUT2D eigenvalue weighted by molar-refractivity contribution is -0.163. The van der Waals surface area contributed by atoms with E-state index in [1.54, 1.807) is 0 Å². The highest BCUT2D eigenvalue weighted by Gasteiger charge is 2.17. The molecule has 0 radical (unpaired) electrons. The molecular weight excluding hydrogens is 693 g/mol. The first-order chi connectivity index (χ1) is 27.6. The minimum absolute atomic E-state index is 0.0799. The predicted molar refractivity (Wildman–Crippen MR) is 242 cm³/mol. The van der Waals surface area contributed by atoms with Gasteiger partial charge in [0.25, 0.3) is 0 Å². The van der Waals surface area contributed by atoms with Gasteiger partial charge in [0.2, 0.25) is 0 Å². The number of allylic oxidation sites excluding steroid dienone is 8. The molecule has 1 unspecified atom stereocenters. The third-order valence-corrected chi connectivity index (χ3v) is 10.3. The van der Waals surface area contributed by atoms with Crippen molar-refractivity contribution in [2.45, 2.75) is 245 Å². The van der Waals surface area contributed by atoms with Gasteiger partial charge in [0, 0.05) is 19.4 Å². The molecule has 5 heteroatoms. The Balaban J connectivity index is 4.20. The summed E-state index contributed by atoms with van der Waals surface area (Å²) in [6.45, 7) is 7.68. The molecule has 0 fully saturated rings. The Kier molecular flexibility index (Phi) is 45.4. The molecule has 0 spiro atoms. The molecule has 0 N–H and O–H groups in total. The fourth-order valence-electron chi connectivity index (χ4n) is 6.75. The highest BCUT2D eigenvalue weighted by Crippen LogP contribution is 2.14. The van der Waals surface area contributed by atoms with Gasteiger partial charge in [-0.1, -0.05) is 198 Å². The zero-order valence-corrected chi connectivity index (χ0v) is 37.4. The number of unbranched alkanes of at least 4 members (excludes halogenated alkanes) is 25. The van der Waals surface area contributed by atoms with Crippen molar-refractivity contribution < 1.29 is 23.8 Å². The molecule has 0 aromatic rings. The Bertz CT molecular complexity index is 935. The van der Waals surface area contributed by atoms with Gasteiger partial charge < -0.3 is 14.2 Å². The minimum atomic E-state index is -0.538. The number of esters is 2. The number of carbonyl (C=O) groups excluding carboxylic acids is 2. The molecule has 0 aromatic carbocycles. The SMILES string of the molecule is CC/C=C\C/C=C\C/C=C\CCCCCCCCCC(=O)OCC(COCCCCCCCC/C=C\CCCCCC)OC(=O)CCCCCCCCCCC. The Morgan fingerprint density at radius 3 is 1.32 bits per heavy atom. The second-order valence-corrected chi connectivity index (χ2v) is 16.0. The molecule has 1 atom stereocenters. The Hall–Kier alpha value is -2.14. The average molecular weight is 785 g/mol. The minimum Gasteiger partial charge on any atom is -0.462 e. The highest BCUT2D eigenvalue weighted by atomic mass is 16.6. The van der Waals surface area contributed by atoms with Crippen LogP contribution >= 0.6 is 0 Å². The Morgan fingerprint density at radius 2 is 0.804 bits per heavy atom. The average Bonchev–Trinajstić information content (AvgIpc) is 3.20. The van der Waals surface area contributed by atoms with Crippen LogP contribution in [0.2, 0.25) is 0 Å². The van der Waals surface area contributed by atoms with Gasteiger partial charge in [-0.2, -0.15) is 0 Å². The summed E-state index contributed by atoms with van der Waals surface area (Å²) in [5.41, 5.74) is 0. The van der Waals surface area contributed by atoms with E-state index in [4.69, 9.17) is 14.2 Å². The van der Waals surface area contributed by atoms with Gasteiger partial charge >= 0.3 is 11.9 Å². The summed E-state index contributed by atoms with van der Waals surface area (Å²) in [5.74, 6) is -0.408. The van der Waals surface area contributed by atoms with Crippen molar-refractivity contribution in [3.05, 3.63) is 48.6 Å². The fraction of sp³-hybridized carbons (Fsp3) is 0.804. The van der Waals surface area contributed by atoms with Gasteiger partial charge in [-0.3, -0.25) is 9.59 Å². The number of ether oxygens (including phenoxy) is 3. The van der Waals surface area contributed by atoms with E-state index in [-0.39, 0.29) is 25.2 Å². The first kappa shape index (κ1) is 53.9. The summed E-state index contributed by atoms with van der Waals surface area (Å²) < 4.78 is 17.3. The van der Waals surface area contributed by atoms with Crippen LogP contribution in [0.1, 0.15) is 239 Å². The molecule has 0 heterocycles. The summed E-state index contributed by atoms with van der Waals surface area (Å²) in [6, 6.07) is 0. The Morgan fingerprint density at radius 1 is 0.411 bits per heavy atom. The van der Waals surface area contributed by atoms with Crippen LogP contribution in [0, 0.1) is 0 Å². The topological polar surface area (TPSA) is 61.8 Å². The van der Waals surface area contributed by atoms with Crippen LogP contribution < -0.4 is 0 Å². The number of carbonyl (C=O) groups is 2. The van der Waals surface area contributed by atoms with Gasteiger partial charge in [0.15, 0.2) is 6.10 Å².